The Bertz CT molecular complexity index is 1490. The topological polar surface area (TPSA) is 79.8 Å². The normalized spacial score (nSPS) is 11.0. The SMILES string of the molecule is Cc1cccc(C)c1N(C(=O)Oc1ccccc1C(C)C)c1ccnc(Nc2ccc(OCCN(C)C)c(F)c2)n1. The van der Waals surface area contributed by atoms with Gasteiger partial charge in [0.2, 0.25) is 5.95 Å². The lowest BCUT2D eigenvalue weighted by atomic mass is 10.0. The van der Waals surface area contributed by atoms with Crippen molar-refractivity contribution in [2.75, 3.05) is 37.5 Å². The molecule has 0 saturated heterocycles. The molecule has 41 heavy (non-hydrogen) atoms. The van der Waals surface area contributed by atoms with Gasteiger partial charge in [-0.1, -0.05) is 50.2 Å². The van der Waals surface area contributed by atoms with Gasteiger partial charge >= 0.3 is 6.09 Å². The van der Waals surface area contributed by atoms with Crippen LogP contribution in [0.2, 0.25) is 0 Å². The average molecular weight is 558 g/mol. The van der Waals surface area contributed by atoms with Gasteiger partial charge in [0, 0.05) is 30.6 Å². The number of carbonyl (C=O) groups excluding carboxylic acids is 1. The first-order valence-electron chi connectivity index (χ1n) is 13.5. The standard InChI is InChI=1S/C32H36FN5O3/c1-21(2)25-12-7-8-13-27(25)41-32(39)38(30-22(3)10-9-11-23(30)4)29-16-17-34-31(36-29)35-24-14-15-28(26(33)20-24)40-19-18-37(5)6/h7-17,20-21H,18-19H2,1-6H3,(H,34,35,36). The van der Waals surface area contributed by atoms with Crippen LogP contribution in [0.3, 0.4) is 0 Å². The Morgan fingerprint density at radius 2 is 1.71 bits per heavy atom. The first-order valence-corrected chi connectivity index (χ1v) is 13.5. The molecule has 0 aliphatic heterocycles. The van der Waals surface area contributed by atoms with Gasteiger partial charge in [0.25, 0.3) is 0 Å². The summed E-state index contributed by atoms with van der Waals surface area (Å²) in [5.41, 5.74) is 3.77. The molecule has 1 aromatic heterocycles. The molecule has 214 valence electrons. The van der Waals surface area contributed by atoms with E-state index in [1.54, 1.807) is 24.3 Å². The number of halogens is 1. The van der Waals surface area contributed by atoms with Crippen LogP contribution in [0, 0.1) is 19.7 Å². The summed E-state index contributed by atoms with van der Waals surface area (Å²) < 4.78 is 26.2. The molecule has 0 spiro atoms. The first kappa shape index (κ1) is 29.5. The largest absolute Gasteiger partial charge is 0.489 e. The van der Waals surface area contributed by atoms with Crippen molar-refractivity contribution in [3.8, 4) is 11.5 Å². The molecule has 3 aromatic carbocycles. The van der Waals surface area contributed by atoms with Gasteiger partial charge in [-0.2, -0.15) is 4.98 Å². The fourth-order valence-electron chi connectivity index (χ4n) is 4.34. The number of likely N-dealkylation sites (N-methyl/N-ethyl adjacent to an activating group) is 1. The van der Waals surface area contributed by atoms with Gasteiger partial charge in [-0.05, 0) is 68.8 Å². The Hall–Kier alpha value is -4.50. The van der Waals surface area contributed by atoms with Crippen molar-refractivity contribution in [3.05, 3.63) is 95.4 Å². The Morgan fingerprint density at radius 3 is 2.39 bits per heavy atom. The van der Waals surface area contributed by atoms with Crippen LogP contribution in [-0.2, 0) is 0 Å². The number of anilines is 4. The highest BCUT2D eigenvalue weighted by molar-refractivity contribution is 5.98. The van der Waals surface area contributed by atoms with Gasteiger partial charge in [0.15, 0.2) is 11.6 Å². The van der Waals surface area contributed by atoms with Crippen LogP contribution >= 0.6 is 0 Å². The molecule has 0 saturated carbocycles. The zero-order valence-electron chi connectivity index (χ0n) is 24.3. The van der Waals surface area contributed by atoms with E-state index in [-0.39, 0.29) is 17.6 Å². The van der Waals surface area contributed by atoms with Crippen molar-refractivity contribution in [2.45, 2.75) is 33.6 Å². The lowest BCUT2D eigenvalue weighted by molar-refractivity contribution is 0.209. The third-order valence-corrected chi connectivity index (χ3v) is 6.44. The van der Waals surface area contributed by atoms with Crippen molar-refractivity contribution in [1.29, 1.82) is 0 Å². The number of aromatic nitrogens is 2. The maximum atomic E-state index is 14.7. The van der Waals surface area contributed by atoms with E-state index in [2.05, 4.69) is 15.3 Å². The summed E-state index contributed by atoms with van der Waals surface area (Å²) in [6.07, 6.45) is 0.931. The number of benzene rings is 3. The highest BCUT2D eigenvalue weighted by Crippen LogP contribution is 2.34. The molecule has 0 aliphatic rings. The van der Waals surface area contributed by atoms with Crippen LogP contribution in [0.25, 0.3) is 0 Å². The minimum absolute atomic E-state index is 0.160. The molecule has 4 rings (SSSR count). The van der Waals surface area contributed by atoms with Crippen LogP contribution in [0.5, 0.6) is 11.5 Å². The first-order chi connectivity index (χ1) is 19.6. The molecule has 1 heterocycles. The number of para-hydroxylation sites is 2. The van der Waals surface area contributed by atoms with Gasteiger partial charge in [-0.3, -0.25) is 0 Å². The third kappa shape index (κ3) is 7.37. The molecular formula is C32H36FN5O3. The van der Waals surface area contributed by atoms with E-state index in [4.69, 9.17) is 9.47 Å². The second-order valence-electron chi connectivity index (χ2n) is 10.3. The van der Waals surface area contributed by atoms with Gasteiger partial charge in [0.05, 0.1) is 5.69 Å². The maximum Gasteiger partial charge on any atom is 0.425 e. The van der Waals surface area contributed by atoms with Crippen LogP contribution in [0.15, 0.2) is 72.9 Å². The Labute approximate surface area is 240 Å². The summed E-state index contributed by atoms with van der Waals surface area (Å²) >= 11 is 0. The number of nitrogens with zero attached hydrogens (tertiary/aromatic N) is 4. The predicted molar refractivity (Wildman–Crippen MR) is 160 cm³/mol. The summed E-state index contributed by atoms with van der Waals surface area (Å²) in [5, 5.41) is 3.03. The number of nitrogens with one attached hydrogen (secondary N) is 1. The van der Waals surface area contributed by atoms with Gasteiger partial charge in [0.1, 0.15) is 18.2 Å². The molecule has 0 unspecified atom stereocenters. The van der Waals surface area contributed by atoms with Crippen molar-refractivity contribution in [1.82, 2.24) is 14.9 Å². The Kier molecular flexibility index (Phi) is 9.52. The van der Waals surface area contributed by atoms with E-state index in [0.29, 0.717) is 36.1 Å². The molecule has 4 aromatic rings. The van der Waals surface area contributed by atoms with Crippen LogP contribution in [0.1, 0.15) is 36.5 Å². The highest BCUT2D eigenvalue weighted by atomic mass is 19.1. The predicted octanol–water partition coefficient (Wildman–Crippen LogP) is 7.38. The van der Waals surface area contributed by atoms with Crippen molar-refractivity contribution in [3.63, 3.8) is 0 Å². The Morgan fingerprint density at radius 1 is 0.976 bits per heavy atom. The zero-order chi connectivity index (χ0) is 29.5. The quantitative estimate of drug-likeness (QED) is 0.218. The molecule has 9 heteroatoms. The summed E-state index contributed by atoms with van der Waals surface area (Å²) in [5.74, 6) is 0.796. The number of amides is 1. The van der Waals surface area contributed by atoms with E-state index in [1.165, 1.54) is 17.2 Å². The molecule has 0 radical (unpaired) electrons. The van der Waals surface area contributed by atoms with Crippen molar-refractivity contribution in [2.24, 2.45) is 0 Å². The Balaban J connectivity index is 1.65. The zero-order valence-corrected chi connectivity index (χ0v) is 24.3. The number of rotatable bonds is 10. The minimum atomic E-state index is -0.606. The average Bonchev–Trinajstić information content (AvgIpc) is 2.92. The van der Waals surface area contributed by atoms with E-state index < -0.39 is 11.9 Å². The minimum Gasteiger partial charge on any atom is -0.489 e. The van der Waals surface area contributed by atoms with Crippen molar-refractivity contribution < 1.29 is 18.7 Å². The van der Waals surface area contributed by atoms with Crippen molar-refractivity contribution >= 4 is 29.2 Å². The van der Waals surface area contributed by atoms with Gasteiger partial charge in [-0.25, -0.2) is 19.1 Å². The van der Waals surface area contributed by atoms with E-state index in [0.717, 1.165) is 16.7 Å². The molecule has 0 fully saturated rings. The fraction of sp³-hybridized carbons (Fsp3) is 0.281. The lowest BCUT2D eigenvalue weighted by Crippen LogP contribution is -2.31. The van der Waals surface area contributed by atoms with E-state index in [9.17, 15) is 9.18 Å². The molecule has 8 nitrogen and oxygen atoms in total. The second kappa shape index (κ2) is 13.2. The molecular weight excluding hydrogens is 521 g/mol. The number of aryl methyl sites for hydroxylation is 2. The molecule has 0 atom stereocenters. The van der Waals surface area contributed by atoms with Crippen LogP contribution < -0.4 is 19.7 Å². The van der Waals surface area contributed by atoms with E-state index >= 15 is 0 Å². The smallest absolute Gasteiger partial charge is 0.425 e. The summed E-state index contributed by atoms with van der Waals surface area (Å²) in [6.45, 7) is 8.98. The number of carbonyl (C=O) groups is 1. The number of ether oxygens (including phenoxy) is 2. The molecule has 1 amide bonds. The fourth-order valence-corrected chi connectivity index (χ4v) is 4.34. The maximum absolute atomic E-state index is 14.7. The summed E-state index contributed by atoms with van der Waals surface area (Å²) in [7, 11) is 3.85. The molecule has 0 aliphatic carbocycles. The lowest BCUT2D eigenvalue weighted by Gasteiger charge is -2.25. The number of hydrogen-bond acceptors (Lipinski definition) is 7. The summed E-state index contributed by atoms with van der Waals surface area (Å²) in [4.78, 5) is 26.1. The summed E-state index contributed by atoms with van der Waals surface area (Å²) in [6, 6.07) is 19.5. The second-order valence-corrected chi connectivity index (χ2v) is 10.3. The molecule has 1 N–H and O–H groups in total. The van der Waals surface area contributed by atoms with Crippen LogP contribution in [0.4, 0.5) is 32.3 Å². The van der Waals surface area contributed by atoms with Gasteiger partial charge in [-0.15, -0.1) is 0 Å². The number of hydrogen-bond donors (Lipinski definition) is 1. The van der Waals surface area contributed by atoms with E-state index in [1.807, 2.05) is 83.1 Å². The van der Waals surface area contributed by atoms with Gasteiger partial charge < -0.3 is 19.7 Å². The highest BCUT2D eigenvalue weighted by Gasteiger charge is 2.26. The van der Waals surface area contributed by atoms with Crippen LogP contribution in [-0.4, -0.2) is 48.2 Å². The molecule has 0 bridgehead atoms. The monoisotopic (exact) mass is 557 g/mol. The third-order valence-electron chi connectivity index (χ3n) is 6.44.